The molecule has 4 rings (SSSR count). The van der Waals surface area contributed by atoms with Crippen LogP contribution in [0, 0.1) is 13.8 Å². The molecule has 7 nitrogen and oxygen atoms in total. The van der Waals surface area contributed by atoms with E-state index in [9.17, 15) is 13.2 Å². The molecule has 1 aliphatic rings. The third kappa shape index (κ3) is 4.89. The molecule has 0 unspecified atom stereocenters. The number of nitrogens with one attached hydrogen (secondary N) is 1. The highest BCUT2D eigenvalue weighted by molar-refractivity contribution is 7.89. The number of aromatic amines is 1. The zero-order chi connectivity index (χ0) is 22.9. The van der Waals surface area contributed by atoms with Crippen LogP contribution in [0.4, 0.5) is 0 Å². The molecule has 1 atom stereocenters. The Bertz CT molecular complexity index is 1280. The molecule has 9 heteroatoms. The van der Waals surface area contributed by atoms with Crippen LogP contribution in [-0.2, 0) is 26.0 Å². The molecule has 32 heavy (non-hydrogen) atoms. The molecule has 0 bridgehead atoms. The summed E-state index contributed by atoms with van der Waals surface area (Å²) in [6.07, 6.45) is -0.421. The molecule has 170 valence electrons. The lowest BCUT2D eigenvalue weighted by atomic mass is 10.0. The lowest BCUT2D eigenvalue weighted by Crippen LogP contribution is -2.43. The first kappa shape index (κ1) is 22.9. The van der Waals surface area contributed by atoms with E-state index in [4.69, 9.17) is 21.1 Å². The van der Waals surface area contributed by atoms with Crippen LogP contribution >= 0.6 is 11.6 Å². The Balaban J connectivity index is 1.73. The van der Waals surface area contributed by atoms with Crippen molar-refractivity contribution in [2.45, 2.75) is 31.4 Å². The predicted molar refractivity (Wildman–Crippen MR) is 124 cm³/mol. The lowest BCUT2D eigenvalue weighted by Gasteiger charge is -2.29. The van der Waals surface area contributed by atoms with Crippen LogP contribution in [0.1, 0.15) is 16.7 Å². The average Bonchev–Trinajstić information content (AvgIpc) is 2.76. The fourth-order valence-electron chi connectivity index (χ4n) is 3.70. The van der Waals surface area contributed by atoms with E-state index in [-0.39, 0.29) is 23.5 Å². The van der Waals surface area contributed by atoms with Gasteiger partial charge in [0, 0.05) is 29.2 Å². The standard InChI is InChI=1S/C23H25ClN2O5S/c1-15-9-17-11-18(23(27)25-22(17)10-16(15)2)12-26(13-20-14-30-7-8-31-20)32(28,29)21-5-3-19(24)4-6-21/h3-6,9-11,20H,7-8,12-14H2,1-2H3,(H,25,27)/t20-/m1/s1. The van der Waals surface area contributed by atoms with Crippen LogP contribution in [-0.4, -0.2) is 50.2 Å². The Kier molecular flexibility index (Phi) is 6.69. The fraction of sp³-hybridized carbons (Fsp3) is 0.348. The summed E-state index contributed by atoms with van der Waals surface area (Å²) in [5, 5.41) is 1.29. The number of aryl methyl sites for hydroxylation is 2. The molecule has 2 aromatic carbocycles. The number of hydrogen-bond donors (Lipinski definition) is 1. The van der Waals surface area contributed by atoms with Gasteiger partial charge in [0.15, 0.2) is 0 Å². The Labute approximate surface area is 192 Å². The smallest absolute Gasteiger partial charge is 0.252 e. The number of ether oxygens (including phenoxy) is 2. The highest BCUT2D eigenvalue weighted by atomic mass is 35.5. The molecule has 0 radical (unpaired) electrons. The number of aromatic nitrogens is 1. The third-order valence-corrected chi connectivity index (χ3v) is 7.70. The summed E-state index contributed by atoms with van der Waals surface area (Å²) in [7, 11) is -3.91. The topological polar surface area (TPSA) is 88.7 Å². The predicted octanol–water partition coefficient (Wildman–Crippen LogP) is 3.40. The maximum atomic E-state index is 13.5. The van der Waals surface area contributed by atoms with Crippen molar-refractivity contribution in [2.75, 3.05) is 26.4 Å². The molecule has 1 aromatic heterocycles. The van der Waals surface area contributed by atoms with Crippen LogP contribution in [0.5, 0.6) is 0 Å². The van der Waals surface area contributed by atoms with Crippen LogP contribution in [0.25, 0.3) is 10.9 Å². The quantitative estimate of drug-likeness (QED) is 0.589. The Hall–Kier alpha value is -2.23. The number of benzene rings is 2. The molecular weight excluding hydrogens is 452 g/mol. The molecule has 0 spiro atoms. The molecule has 3 aromatic rings. The van der Waals surface area contributed by atoms with Gasteiger partial charge in [-0.25, -0.2) is 8.42 Å². The fourth-order valence-corrected chi connectivity index (χ4v) is 5.28. The van der Waals surface area contributed by atoms with E-state index in [2.05, 4.69) is 4.98 Å². The zero-order valence-corrected chi connectivity index (χ0v) is 19.5. The van der Waals surface area contributed by atoms with E-state index >= 15 is 0 Å². The van der Waals surface area contributed by atoms with Gasteiger partial charge in [0.05, 0.1) is 30.8 Å². The van der Waals surface area contributed by atoms with E-state index in [0.29, 0.717) is 30.4 Å². The number of pyridine rings is 1. The SMILES string of the molecule is Cc1cc2cc(CN(C[C@@H]3COCCO3)S(=O)(=O)c3ccc(Cl)cc3)c(=O)[nH]c2cc1C. The summed E-state index contributed by atoms with van der Waals surface area (Å²) in [4.78, 5) is 15.8. The van der Waals surface area contributed by atoms with Gasteiger partial charge in [-0.1, -0.05) is 11.6 Å². The molecule has 0 saturated carbocycles. The largest absolute Gasteiger partial charge is 0.376 e. The van der Waals surface area contributed by atoms with Gasteiger partial charge < -0.3 is 14.5 Å². The number of nitrogens with zero attached hydrogens (tertiary/aromatic N) is 1. The number of rotatable bonds is 6. The van der Waals surface area contributed by atoms with Crippen molar-refractivity contribution in [3.63, 3.8) is 0 Å². The number of halogens is 1. The van der Waals surface area contributed by atoms with E-state index in [0.717, 1.165) is 22.0 Å². The number of sulfonamides is 1. The Morgan fingerprint density at radius 2 is 1.81 bits per heavy atom. The minimum absolute atomic E-state index is 0.0648. The molecule has 1 fully saturated rings. The minimum Gasteiger partial charge on any atom is -0.376 e. The van der Waals surface area contributed by atoms with Crippen molar-refractivity contribution in [3.8, 4) is 0 Å². The van der Waals surface area contributed by atoms with Gasteiger partial charge in [0.1, 0.15) is 0 Å². The van der Waals surface area contributed by atoms with Crippen molar-refractivity contribution >= 4 is 32.5 Å². The van der Waals surface area contributed by atoms with E-state index < -0.39 is 16.1 Å². The number of hydrogen-bond acceptors (Lipinski definition) is 5. The summed E-state index contributed by atoms with van der Waals surface area (Å²) < 4.78 is 39.3. The van der Waals surface area contributed by atoms with Gasteiger partial charge in [-0.15, -0.1) is 0 Å². The molecule has 1 N–H and O–H groups in total. The molecular formula is C23H25ClN2O5S. The van der Waals surface area contributed by atoms with Gasteiger partial charge >= 0.3 is 0 Å². The minimum atomic E-state index is -3.91. The van der Waals surface area contributed by atoms with Crippen molar-refractivity contribution < 1.29 is 17.9 Å². The van der Waals surface area contributed by atoms with Gasteiger partial charge in [-0.2, -0.15) is 4.31 Å². The first-order valence-corrected chi connectivity index (χ1v) is 12.1. The summed E-state index contributed by atoms with van der Waals surface area (Å²) in [5.74, 6) is 0. The normalized spacial score (nSPS) is 17.2. The second kappa shape index (κ2) is 9.33. The van der Waals surface area contributed by atoms with Crippen molar-refractivity contribution in [1.29, 1.82) is 0 Å². The molecule has 2 heterocycles. The maximum absolute atomic E-state index is 13.5. The van der Waals surface area contributed by atoms with Gasteiger partial charge in [-0.3, -0.25) is 4.79 Å². The van der Waals surface area contributed by atoms with Crippen molar-refractivity contribution in [3.05, 3.63) is 74.5 Å². The Morgan fingerprint density at radius 1 is 1.09 bits per heavy atom. The first-order chi connectivity index (χ1) is 15.2. The van der Waals surface area contributed by atoms with Crippen LogP contribution < -0.4 is 5.56 Å². The highest BCUT2D eigenvalue weighted by Crippen LogP contribution is 2.23. The number of fused-ring (bicyclic) bond motifs is 1. The van der Waals surface area contributed by atoms with Crippen LogP contribution in [0.3, 0.4) is 0 Å². The molecule has 0 aliphatic carbocycles. The van der Waals surface area contributed by atoms with Crippen molar-refractivity contribution in [2.24, 2.45) is 0 Å². The second-order valence-corrected chi connectivity index (χ2v) is 10.3. The second-order valence-electron chi connectivity index (χ2n) is 7.97. The van der Waals surface area contributed by atoms with E-state index in [1.807, 2.05) is 26.0 Å². The third-order valence-electron chi connectivity index (χ3n) is 5.63. The van der Waals surface area contributed by atoms with Crippen LogP contribution in [0.2, 0.25) is 5.02 Å². The van der Waals surface area contributed by atoms with Crippen LogP contribution in [0.15, 0.2) is 52.2 Å². The first-order valence-electron chi connectivity index (χ1n) is 10.3. The highest BCUT2D eigenvalue weighted by Gasteiger charge is 2.29. The molecule has 1 saturated heterocycles. The summed E-state index contributed by atoms with van der Waals surface area (Å²) in [6.45, 7) is 5.11. The zero-order valence-electron chi connectivity index (χ0n) is 17.9. The summed E-state index contributed by atoms with van der Waals surface area (Å²) in [5.41, 5.74) is 2.92. The monoisotopic (exact) mass is 476 g/mol. The van der Waals surface area contributed by atoms with Gasteiger partial charge in [0.2, 0.25) is 10.0 Å². The molecule has 1 aliphatic heterocycles. The van der Waals surface area contributed by atoms with E-state index in [1.54, 1.807) is 6.07 Å². The molecule has 0 amide bonds. The average molecular weight is 477 g/mol. The lowest BCUT2D eigenvalue weighted by molar-refractivity contribution is -0.0923. The van der Waals surface area contributed by atoms with Gasteiger partial charge in [0.25, 0.3) is 5.56 Å². The number of H-pyrrole nitrogens is 1. The summed E-state index contributed by atoms with van der Waals surface area (Å²) in [6, 6.07) is 11.6. The summed E-state index contributed by atoms with van der Waals surface area (Å²) >= 11 is 5.94. The van der Waals surface area contributed by atoms with Crippen molar-refractivity contribution in [1.82, 2.24) is 9.29 Å². The van der Waals surface area contributed by atoms with E-state index in [1.165, 1.54) is 28.6 Å². The Morgan fingerprint density at radius 3 is 2.50 bits per heavy atom. The van der Waals surface area contributed by atoms with Gasteiger partial charge in [-0.05, 0) is 72.8 Å². The maximum Gasteiger partial charge on any atom is 0.252 e.